The number of carbonyl (C=O) groups excluding carboxylic acids is 2. The third-order valence-corrected chi connectivity index (χ3v) is 14.3. The number of hydrogen-bond acceptors (Lipinski definition) is 5. The number of aliphatic hydroxyl groups excluding tert-OH is 1. The van der Waals surface area contributed by atoms with E-state index >= 15 is 0 Å². The van der Waals surface area contributed by atoms with Crippen molar-refractivity contribution in [1.82, 2.24) is 0 Å². The van der Waals surface area contributed by atoms with E-state index in [-0.39, 0.29) is 25.2 Å². The number of aliphatic hydroxyl groups is 1. The average Bonchev–Trinajstić information content (AvgIpc) is 3.33. The minimum Gasteiger partial charge on any atom is -0.462 e. The molecule has 0 aromatic heterocycles. The molecule has 0 saturated heterocycles. The van der Waals surface area contributed by atoms with E-state index in [0.717, 1.165) is 38.5 Å². The zero-order valence-corrected chi connectivity index (χ0v) is 45.7. The van der Waals surface area contributed by atoms with Crippen LogP contribution in [-0.4, -0.2) is 36.4 Å². The summed E-state index contributed by atoms with van der Waals surface area (Å²) in [6, 6.07) is 0. The molecule has 67 heavy (non-hydrogen) atoms. The van der Waals surface area contributed by atoms with Crippen LogP contribution in [0.1, 0.15) is 354 Å². The molecule has 0 radical (unpaired) electrons. The Kier molecular flexibility index (Phi) is 57.8. The van der Waals surface area contributed by atoms with Gasteiger partial charge in [0.05, 0.1) is 6.61 Å². The second-order valence-electron chi connectivity index (χ2n) is 21.1. The highest BCUT2D eigenvalue weighted by atomic mass is 16.6. The van der Waals surface area contributed by atoms with Gasteiger partial charge in [0, 0.05) is 12.8 Å². The maximum Gasteiger partial charge on any atom is 0.306 e. The SMILES string of the molecule is CCCCCCC/C=C\CCCCCCCC(=O)OC(CO)COC(=O)CCCCCCCCCCCCCCCCCCCCCCCCCCCCCCCCCCCCCCCCC. The summed E-state index contributed by atoms with van der Waals surface area (Å²) < 4.78 is 10.7. The van der Waals surface area contributed by atoms with Crippen molar-refractivity contribution in [3.05, 3.63) is 12.2 Å². The van der Waals surface area contributed by atoms with E-state index in [4.69, 9.17) is 9.47 Å². The summed E-state index contributed by atoms with van der Waals surface area (Å²) >= 11 is 0. The van der Waals surface area contributed by atoms with Crippen molar-refractivity contribution in [3.8, 4) is 0 Å². The van der Waals surface area contributed by atoms with Crippen LogP contribution < -0.4 is 0 Å². The van der Waals surface area contributed by atoms with Gasteiger partial charge in [-0.05, 0) is 38.5 Å². The lowest BCUT2D eigenvalue weighted by Gasteiger charge is -2.15. The van der Waals surface area contributed by atoms with Crippen molar-refractivity contribution in [3.63, 3.8) is 0 Å². The zero-order valence-electron chi connectivity index (χ0n) is 45.7. The van der Waals surface area contributed by atoms with Crippen molar-refractivity contribution in [2.24, 2.45) is 0 Å². The highest BCUT2D eigenvalue weighted by Gasteiger charge is 2.16. The molecule has 0 aliphatic rings. The number of ether oxygens (including phenoxy) is 2. The second-order valence-corrected chi connectivity index (χ2v) is 21.1. The predicted molar refractivity (Wildman–Crippen MR) is 293 cm³/mol. The van der Waals surface area contributed by atoms with E-state index in [9.17, 15) is 14.7 Å². The Morgan fingerprint density at radius 1 is 0.328 bits per heavy atom. The van der Waals surface area contributed by atoms with Crippen LogP contribution in [0.2, 0.25) is 0 Å². The van der Waals surface area contributed by atoms with Crippen LogP contribution in [0.3, 0.4) is 0 Å². The Morgan fingerprint density at radius 2 is 0.552 bits per heavy atom. The van der Waals surface area contributed by atoms with Crippen LogP contribution in [0.4, 0.5) is 0 Å². The van der Waals surface area contributed by atoms with Gasteiger partial charge in [-0.1, -0.05) is 315 Å². The second kappa shape index (κ2) is 59.0. The van der Waals surface area contributed by atoms with E-state index in [1.165, 1.54) is 289 Å². The largest absolute Gasteiger partial charge is 0.462 e. The maximum atomic E-state index is 12.2. The Bertz CT molecular complexity index is 979. The highest BCUT2D eigenvalue weighted by Crippen LogP contribution is 2.19. The average molecular weight is 946 g/mol. The minimum atomic E-state index is -0.771. The van der Waals surface area contributed by atoms with E-state index in [2.05, 4.69) is 26.0 Å². The summed E-state index contributed by atoms with van der Waals surface area (Å²) in [6.07, 6.45) is 73.8. The molecule has 0 bridgehead atoms. The van der Waals surface area contributed by atoms with E-state index in [0.29, 0.717) is 12.8 Å². The predicted octanol–water partition coefficient (Wildman–Crippen LogP) is 20.7. The van der Waals surface area contributed by atoms with Crippen molar-refractivity contribution in [2.75, 3.05) is 13.2 Å². The van der Waals surface area contributed by atoms with E-state index in [1.807, 2.05) is 0 Å². The van der Waals surface area contributed by atoms with Crippen molar-refractivity contribution >= 4 is 11.9 Å². The van der Waals surface area contributed by atoms with E-state index < -0.39 is 6.10 Å². The van der Waals surface area contributed by atoms with Gasteiger partial charge >= 0.3 is 11.9 Å². The summed E-state index contributed by atoms with van der Waals surface area (Å²) in [5.74, 6) is -0.582. The number of carbonyl (C=O) groups is 2. The summed E-state index contributed by atoms with van der Waals surface area (Å²) in [4.78, 5) is 24.4. The van der Waals surface area contributed by atoms with Crippen molar-refractivity contribution in [1.29, 1.82) is 0 Å². The Balaban J connectivity index is 3.32. The Hall–Kier alpha value is -1.36. The number of rotatable bonds is 58. The third-order valence-electron chi connectivity index (χ3n) is 14.3. The summed E-state index contributed by atoms with van der Waals surface area (Å²) in [5, 5.41) is 9.62. The first-order valence-corrected chi connectivity index (χ1v) is 30.7. The number of hydrogen-bond donors (Lipinski definition) is 1. The molecule has 5 nitrogen and oxygen atoms in total. The first kappa shape index (κ1) is 65.6. The lowest BCUT2D eigenvalue weighted by atomic mass is 10.0. The number of esters is 2. The lowest BCUT2D eigenvalue weighted by Crippen LogP contribution is -2.28. The zero-order chi connectivity index (χ0) is 48.5. The fourth-order valence-corrected chi connectivity index (χ4v) is 9.67. The molecular formula is C62H120O5. The monoisotopic (exact) mass is 945 g/mol. The first-order chi connectivity index (χ1) is 33.1. The van der Waals surface area contributed by atoms with Crippen LogP contribution in [0.15, 0.2) is 12.2 Å². The van der Waals surface area contributed by atoms with Gasteiger partial charge in [0.2, 0.25) is 0 Å². The molecule has 1 atom stereocenters. The fraction of sp³-hybridized carbons (Fsp3) is 0.935. The lowest BCUT2D eigenvalue weighted by molar-refractivity contribution is -0.161. The highest BCUT2D eigenvalue weighted by molar-refractivity contribution is 5.70. The summed E-state index contributed by atoms with van der Waals surface area (Å²) in [6.45, 7) is 4.17. The van der Waals surface area contributed by atoms with Gasteiger partial charge < -0.3 is 14.6 Å². The molecule has 0 fully saturated rings. The fourth-order valence-electron chi connectivity index (χ4n) is 9.67. The molecular weight excluding hydrogens is 825 g/mol. The van der Waals surface area contributed by atoms with Gasteiger partial charge in [-0.2, -0.15) is 0 Å². The number of allylic oxidation sites excluding steroid dienone is 2. The van der Waals surface area contributed by atoms with Gasteiger partial charge in [0.1, 0.15) is 6.61 Å². The van der Waals surface area contributed by atoms with Crippen LogP contribution in [0.25, 0.3) is 0 Å². The van der Waals surface area contributed by atoms with Gasteiger partial charge in [-0.15, -0.1) is 0 Å². The molecule has 0 amide bonds. The molecule has 0 aromatic rings. The van der Waals surface area contributed by atoms with Crippen molar-refractivity contribution < 1.29 is 24.2 Å². The van der Waals surface area contributed by atoms with Gasteiger partial charge in [-0.3, -0.25) is 9.59 Å². The van der Waals surface area contributed by atoms with Crippen LogP contribution in [0.5, 0.6) is 0 Å². The first-order valence-electron chi connectivity index (χ1n) is 30.7. The normalized spacial score (nSPS) is 12.1. The van der Waals surface area contributed by atoms with Gasteiger partial charge in [-0.25, -0.2) is 0 Å². The molecule has 0 heterocycles. The van der Waals surface area contributed by atoms with Crippen molar-refractivity contribution in [2.45, 2.75) is 360 Å². The molecule has 398 valence electrons. The van der Waals surface area contributed by atoms with Crippen LogP contribution in [0, 0.1) is 0 Å². The number of unbranched alkanes of at least 4 members (excludes halogenated alkanes) is 48. The molecule has 1 unspecified atom stereocenters. The molecule has 5 heteroatoms. The molecule has 0 spiro atoms. The molecule has 0 aliphatic heterocycles. The summed E-state index contributed by atoms with van der Waals surface area (Å²) in [7, 11) is 0. The molecule has 0 aromatic carbocycles. The van der Waals surface area contributed by atoms with E-state index in [1.54, 1.807) is 0 Å². The van der Waals surface area contributed by atoms with Gasteiger partial charge in [0.25, 0.3) is 0 Å². The Labute approximate surface area is 420 Å². The summed E-state index contributed by atoms with van der Waals surface area (Å²) in [5.41, 5.74) is 0. The van der Waals surface area contributed by atoms with Crippen LogP contribution in [-0.2, 0) is 19.1 Å². The maximum absolute atomic E-state index is 12.2. The van der Waals surface area contributed by atoms with Crippen LogP contribution >= 0.6 is 0 Å². The minimum absolute atomic E-state index is 0.0624. The topological polar surface area (TPSA) is 72.8 Å². The molecule has 1 N–H and O–H groups in total. The molecule has 0 rings (SSSR count). The Morgan fingerprint density at radius 3 is 0.806 bits per heavy atom. The van der Waals surface area contributed by atoms with Gasteiger partial charge in [0.15, 0.2) is 6.10 Å². The quantitative estimate of drug-likeness (QED) is 0.0374. The molecule has 0 saturated carbocycles. The smallest absolute Gasteiger partial charge is 0.306 e. The third kappa shape index (κ3) is 57.1. The molecule has 0 aliphatic carbocycles. The standard InChI is InChI=1S/C62H120O5/c1-3-5-7-9-11-13-15-17-19-20-21-22-23-24-25-26-27-28-29-30-31-32-33-34-35-36-37-38-39-40-41-42-43-45-46-48-50-52-54-56-61(64)66-59-60(58-63)67-62(65)57-55-53-51-49-47-44-18-16-14-12-10-8-6-4-2/h16,18,60,63H,3-15,17,19-59H2,1-2H3/b18-16-.